The number of carbonyl (C=O) groups is 1. The molecule has 0 saturated heterocycles. The van der Waals surface area contributed by atoms with Gasteiger partial charge in [0.15, 0.2) is 11.5 Å². The predicted molar refractivity (Wildman–Crippen MR) is 93.5 cm³/mol. The summed E-state index contributed by atoms with van der Waals surface area (Å²) in [4.78, 5) is 25.1. The molecule has 1 aliphatic rings. The van der Waals surface area contributed by atoms with Crippen LogP contribution < -0.4 is 14.8 Å². The van der Waals surface area contributed by atoms with E-state index in [1.165, 1.54) is 6.33 Å². The summed E-state index contributed by atoms with van der Waals surface area (Å²) in [6.45, 7) is 3.66. The van der Waals surface area contributed by atoms with Crippen LogP contribution in [-0.4, -0.2) is 37.6 Å². The lowest BCUT2D eigenvalue weighted by Crippen LogP contribution is -2.46. The van der Waals surface area contributed by atoms with E-state index in [-0.39, 0.29) is 5.91 Å². The second-order valence-electron chi connectivity index (χ2n) is 5.90. The van der Waals surface area contributed by atoms with Gasteiger partial charge in [0.1, 0.15) is 29.9 Å². The molecule has 8 nitrogen and oxygen atoms in total. The number of rotatable bonds is 3. The molecular formula is C18H17N5O3. The minimum atomic E-state index is -0.779. The van der Waals surface area contributed by atoms with E-state index in [4.69, 9.17) is 9.47 Å². The lowest BCUT2D eigenvalue weighted by Gasteiger charge is -2.30. The molecule has 1 aromatic carbocycles. The third-order valence-electron chi connectivity index (χ3n) is 4.08. The second kappa shape index (κ2) is 6.47. The number of nitrogens with zero attached hydrogens (tertiary/aromatic N) is 4. The van der Waals surface area contributed by atoms with E-state index in [9.17, 15) is 4.79 Å². The van der Waals surface area contributed by atoms with Gasteiger partial charge in [0.25, 0.3) is 5.91 Å². The van der Waals surface area contributed by atoms with E-state index in [0.717, 1.165) is 5.82 Å². The maximum atomic E-state index is 12.7. The fourth-order valence-electron chi connectivity index (χ4n) is 2.77. The second-order valence-corrected chi connectivity index (χ2v) is 5.90. The normalized spacial score (nSPS) is 18.4. The Morgan fingerprint density at radius 1 is 1.15 bits per heavy atom. The van der Waals surface area contributed by atoms with Gasteiger partial charge in [-0.1, -0.05) is 12.1 Å². The Morgan fingerprint density at radius 3 is 2.65 bits per heavy atom. The fraction of sp³-hybridized carbons (Fsp3) is 0.222. The molecule has 3 aromatic rings. The van der Waals surface area contributed by atoms with Crippen molar-refractivity contribution in [2.75, 3.05) is 5.32 Å². The van der Waals surface area contributed by atoms with E-state index in [2.05, 4.69) is 20.3 Å². The fourth-order valence-corrected chi connectivity index (χ4v) is 2.77. The number of fused-ring (bicyclic) bond motifs is 1. The van der Waals surface area contributed by atoms with Crippen LogP contribution in [0.3, 0.4) is 0 Å². The van der Waals surface area contributed by atoms with Gasteiger partial charge in [-0.3, -0.25) is 9.36 Å². The summed E-state index contributed by atoms with van der Waals surface area (Å²) in [6, 6.07) is 8.94. The number of imidazole rings is 1. The molecule has 2 unspecified atom stereocenters. The topological polar surface area (TPSA) is 91.2 Å². The highest BCUT2D eigenvalue weighted by Gasteiger charge is 2.34. The Balaban J connectivity index is 1.53. The summed E-state index contributed by atoms with van der Waals surface area (Å²) < 4.78 is 13.4. The van der Waals surface area contributed by atoms with Crippen molar-refractivity contribution in [1.29, 1.82) is 0 Å². The summed E-state index contributed by atoms with van der Waals surface area (Å²) in [5.74, 6) is 2.62. The van der Waals surface area contributed by atoms with Crippen molar-refractivity contribution in [2.45, 2.75) is 26.1 Å². The van der Waals surface area contributed by atoms with Gasteiger partial charge in [-0.2, -0.15) is 0 Å². The van der Waals surface area contributed by atoms with Crippen molar-refractivity contribution in [1.82, 2.24) is 19.5 Å². The van der Waals surface area contributed by atoms with Crippen molar-refractivity contribution in [3.05, 3.63) is 54.9 Å². The van der Waals surface area contributed by atoms with Gasteiger partial charge in [-0.05, 0) is 26.0 Å². The zero-order valence-corrected chi connectivity index (χ0v) is 14.3. The predicted octanol–water partition coefficient (Wildman–Crippen LogP) is 2.14. The summed E-state index contributed by atoms with van der Waals surface area (Å²) >= 11 is 0. The number of aryl methyl sites for hydroxylation is 1. The molecule has 0 spiro atoms. The smallest absolute Gasteiger partial charge is 0.270 e. The first-order valence-corrected chi connectivity index (χ1v) is 8.17. The van der Waals surface area contributed by atoms with Crippen LogP contribution in [0.25, 0.3) is 5.82 Å². The van der Waals surface area contributed by atoms with Gasteiger partial charge < -0.3 is 14.8 Å². The van der Waals surface area contributed by atoms with Gasteiger partial charge in [-0.15, -0.1) is 0 Å². The Bertz CT molecular complexity index is 955. The van der Waals surface area contributed by atoms with Crippen LogP contribution in [-0.2, 0) is 4.79 Å². The first-order chi connectivity index (χ1) is 12.6. The number of anilines is 1. The molecule has 4 rings (SSSR count). The molecule has 0 saturated carbocycles. The lowest BCUT2D eigenvalue weighted by molar-refractivity contribution is -0.128. The van der Waals surface area contributed by atoms with Crippen LogP contribution in [0, 0.1) is 6.92 Å². The maximum absolute atomic E-state index is 12.7. The number of ether oxygens (including phenoxy) is 2. The van der Waals surface area contributed by atoms with E-state index in [0.29, 0.717) is 23.1 Å². The summed E-state index contributed by atoms with van der Waals surface area (Å²) in [5, 5.41) is 2.77. The summed E-state index contributed by atoms with van der Waals surface area (Å²) in [5.41, 5.74) is 0. The van der Waals surface area contributed by atoms with Crippen LogP contribution in [0.4, 0.5) is 5.82 Å². The standard InChI is InChI=1S/C18H17N5O3/c1-11-17(26-14-6-4-3-5-13(14)25-11)18(24)22-15-9-16(21-10-20-15)23-8-7-19-12(23)2/h3-11,17H,1-2H3,(H,20,21,22,24). The zero-order chi connectivity index (χ0) is 18.1. The van der Waals surface area contributed by atoms with Gasteiger partial charge >= 0.3 is 0 Å². The van der Waals surface area contributed by atoms with Crippen LogP contribution >= 0.6 is 0 Å². The van der Waals surface area contributed by atoms with Crippen LogP contribution in [0.15, 0.2) is 49.1 Å². The quantitative estimate of drug-likeness (QED) is 0.777. The summed E-state index contributed by atoms with van der Waals surface area (Å²) in [7, 11) is 0. The molecule has 0 fully saturated rings. The molecule has 0 bridgehead atoms. The number of benzene rings is 1. The highest BCUT2D eigenvalue weighted by atomic mass is 16.6. The molecule has 1 N–H and O–H groups in total. The molecule has 0 radical (unpaired) electrons. The molecular weight excluding hydrogens is 334 g/mol. The van der Waals surface area contributed by atoms with Crippen LogP contribution in [0.2, 0.25) is 0 Å². The van der Waals surface area contributed by atoms with Crippen LogP contribution in [0.1, 0.15) is 12.7 Å². The highest BCUT2D eigenvalue weighted by Crippen LogP contribution is 2.33. The van der Waals surface area contributed by atoms with Gasteiger partial charge in [0.2, 0.25) is 6.10 Å². The molecule has 2 atom stereocenters. The number of hydrogen-bond donors (Lipinski definition) is 1. The molecule has 1 amide bonds. The molecule has 1 aliphatic heterocycles. The van der Waals surface area contributed by atoms with Gasteiger partial charge in [0, 0.05) is 18.5 Å². The molecule has 3 heterocycles. The van der Waals surface area contributed by atoms with E-state index in [1.54, 1.807) is 36.0 Å². The third-order valence-corrected chi connectivity index (χ3v) is 4.08. The first kappa shape index (κ1) is 16.1. The average Bonchev–Trinajstić information content (AvgIpc) is 3.07. The Labute approximate surface area is 149 Å². The lowest BCUT2D eigenvalue weighted by atomic mass is 10.1. The third kappa shape index (κ3) is 2.97. The highest BCUT2D eigenvalue weighted by molar-refractivity contribution is 5.94. The number of hydrogen-bond acceptors (Lipinski definition) is 6. The van der Waals surface area contributed by atoms with E-state index >= 15 is 0 Å². The van der Waals surface area contributed by atoms with Crippen LogP contribution in [0.5, 0.6) is 11.5 Å². The van der Waals surface area contributed by atoms with Gasteiger partial charge in [-0.25, -0.2) is 15.0 Å². The van der Waals surface area contributed by atoms with Crippen molar-refractivity contribution >= 4 is 11.7 Å². The SMILES string of the molecule is Cc1nccn1-c1cc(NC(=O)C2Oc3ccccc3OC2C)ncn1. The average molecular weight is 351 g/mol. The van der Waals surface area contributed by atoms with Crippen molar-refractivity contribution < 1.29 is 14.3 Å². The van der Waals surface area contributed by atoms with Gasteiger partial charge in [0.05, 0.1) is 0 Å². The molecule has 0 aliphatic carbocycles. The monoisotopic (exact) mass is 351 g/mol. The minimum Gasteiger partial charge on any atom is -0.482 e. The summed E-state index contributed by atoms with van der Waals surface area (Å²) in [6.07, 6.45) is 3.66. The molecule has 2 aromatic heterocycles. The van der Waals surface area contributed by atoms with Crippen molar-refractivity contribution in [3.8, 4) is 17.3 Å². The number of aromatic nitrogens is 4. The van der Waals surface area contributed by atoms with E-state index < -0.39 is 12.2 Å². The Morgan fingerprint density at radius 2 is 1.92 bits per heavy atom. The molecule has 26 heavy (non-hydrogen) atoms. The minimum absolute atomic E-state index is 0.334. The largest absolute Gasteiger partial charge is 0.482 e. The molecule has 8 heteroatoms. The Hall–Kier alpha value is -3.42. The van der Waals surface area contributed by atoms with E-state index in [1.807, 2.05) is 25.1 Å². The number of carbonyl (C=O) groups excluding carboxylic acids is 1. The zero-order valence-electron chi connectivity index (χ0n) is 14.3. The number of amides is 1. The number of para-hydroxylation sites is 2. The Kier molecular flexibility index (Phi) is 4.00. The first-order valence-electron chi connectivity index (χ1n) is 8.17. The maximum Gasteiger partial charge on any atom is 0.270 e. The van der Waals surface area contributed by atoms with Crippen molar-refractivity contribution in [2.24, 2.45) is 0 Å². The van der Waals surface area contributed by atoms with Crippen molar-refractivity contribution in [3.63, 3.8) is 0 Å². The number of nitrogens with one attached hydrogen (secondary N) is 1. The molecule has 132 valence electrons.